The number of carbonyl (C=O) groups excluding carboxylic acids is 1. The third kappa shape index (κ3) is 2.34. The Morgan fingerprint density at radius 1 is 1.36 bits per heavy atom. The van der Waals surface area contributed by atoms with E-state index in [1.807, 2.05) is 19.9 Å². The lowest BCUT2D eigenvalue weighted by Crippen LogP contribution is -1.98. The van der Waals surface area contributed by atoms with Crippen molar-refractivity contribution in [3.05, 3.63) is 29.3 Å². The molecular formula is C12H16O2. The number of phenolic OH excluding ortho intramolecular Hbond substituents is 1. The highest BCUT2D eigenvalue weighted by Gasteiger charge is 2.09. The van der Waals surface area contributed by atoms with E-state index >= 15 is 0 Å². The van der Waals surface area contributed by atoms with E-state index in [2.05, 4.69) is 0 Å². The number of phenols is 1. The fourth-order valence-electron chi connectivity index (χ4n) is 1.39. The zero-order valence-electron chi connectivity index (χ0n) is 8.71. The van der Waals surface area contributed by atoms with Gasteiger partial charge in [-0.3, -0.25) is 4.79 Å². The molecule has 76 valence electrons. The highest BCUT2D eigenvalue weighted by atomic mass is 16.3. The van der Waals surface area contributed by atoms with Crippen LogP contribution in [0.2, 0.25) is 0 Å². The maximum Gasteiger partial charge on any atom is 0.166 e. The predicted octanol–water partition coefficient (Wildman–Crippen LogP) is 2.94. The number of aromatic hydroxyl groups is 1. The van der Waals surface area contributed by atoms with Crippen molar-refractivity contribution >= 4 is 5.78 Å². The molecule has 1 rings (SSSR count). The van der Waals surface area contributed by atoms with Crippen LogP contribution >= 0.6 is 0 Å². The van der Waals surface area contributed by atoms with Crippen molar-refractivity contribution in [2.45, 2.75) is 33.1 Å². The molecule has 0 atom stereocenters. The summed E-state index contributed by atoms with van der Waals surface area (Å²) in [5.41, 5.74) is 1.50. The van der Waals surface area contributed by atoms with Crippen molar-refractivity contribution in [3.63, 3.8) is 0 Å². The molecule has 0 saturated heterocycles. The first-order chi connectivity index (χ1) is 6.69. The van der Waals surface area contributed by atoms with E-state index < -0.39 is 0 Å². The van der Waals surface area contributed by atoms with Gasteiger partial charge in [0.15, 0.2) is 5.78 Å². The van der Waals surface area contributed by atoms with E-state index in [0.717, 1.165) is 18.4 Å². The highest BCUT2D eigenvalue weighted by molar-refractivity contribution is 5.98. The number of benzene rings is 1. The smallest absolute Gasteiger partial charge is 0.166 e. The molecule has 14 heavy (non-hydrogen) atoms. The van der Waals surface area contributed by atoms with Crippen molar-refractivity contribution in [2.75, 3.05) is 0 Å². The molecule has 1 N–H and O–H groups in total. The molecule has 0 heterocycles. The lowest BCUT2D eigenvalue weighted by Gasteiger charge is -2.04. The van der Waals surface area contributed by atoms with Crippen molar-refractivity contribution in [3.8, 4) is 5.75 Å². The molecular weight excluding hydrogens is 176 g/mol. The standard InChI is InChI=1S/C12H16O2/c1-3-5-11(13)10-7-6-9(4-2)8-12(10)14/h6-8,14H,3-5H2,1-2H3. The van der Waals surface area contributed by atoms with Gasteiger partial charge < -0.3 is 5.11 Å². The minimum absolute atomic E-state index is 0.0210. The Labute approximate surface area is 84.6 Å². The average molecular weight is 192 g/mol. The molecule has 0 spiro atoms. The molecule has 0 amide bonds. The minimum Gasteiger partial charge on any atom is -0.507 e. The first kappa shape index (κ1) is 10.8. The van der Waals surface area contributed by atoms with Gasteiger partial charge in [0.2, 0.25) is 0 Å². The van der Waals surface area contributed by atoms with Gasteiger partial charge in [-0.15, -0.1) is 0 Å². The van der Waals surface area contributed by atoms with E-state index in [9.17, 15) is 9.90 Å². The SMILES string of the molecule is CCCC(=O)c1ccc(CC)cc1O. The van der Waals surface area contributed by atoms with Crippen molar-refractivity contribution < 1.29 is 9.90 Å². The summed E-state index contributed by atoms with van der Waals surface area (Å²) in [5, 5.41) is 9.60. The highest BCUT2D eigenvalue weighted by Crippen LogP contribution is 2.21. The van der Waals surface area contributed by atoms with Crippen molar-refractivity contribution in [1.29, 1.82) is 0 Å². The van der Waals surface area contributed by atoms with E-state index in [1.54, 1.807) is 12.1 Å². The number of ketones is 1. The summed E-state index contributed by atoms with van der Waals surface area (Å²) in [4.78, 5) is 11.5. The van der Waals surface area contributed by atoms with Gasteiger partial charge in [-0.05, 0) is 30.5 Å². The third-order valence-corrected chi connectivity index (χ3v) is 2.25. The van der Waals surface area contributed by atoms with Gasteiger partial charge in [0.1, 0.15) is 5.75 Å². The first-order valence-corrected chi connectivity index (χ1v) is 5.04. The van der Waals surface area contributed by atoms with Crippen LogP contribution in [0.25, 0.3) is 0 Å². The first-order valence-electron chi connectivity index (χ1n) is 5.04. The van der Waals surface area contributed by atoms with Gasteiger partial charge in [-0.2, -0.15) is 0 Å². The third-order valence-electron chi connectivity index (χ3n) is 2.25. The van der Waals surface area contributed by atoms with E-state index in [-0.39, 0.29) is 11.5 Å². The fraction of sp³-hybridized carbons (Fsp3) is 0.417. The molecule has 0 aliphatic rings. The van der Waals surface area contributed by atoms with Crippen molar-refractivity contribution in [1.82, 2.24) is 0 Å². The fourth-order valence-corrected chi connectivity index (χ4v) is 1.39. The summed E-state index contributed by atoms with van der Waals surface area (Å²) in [6, 6.07) is 5.28. The molecule has 0 saturated carbocycles. The minimum atomic E-state index is 0.0210. The Kier molecular flexibility index (Phi) is 3.69. The van der Waals surface area contributed by atoms with Crippen LogP contribution in [-0.4, -0.2) is 10.9 Å². The number of Topliss-reactive ketones (excluding diaryl/α,β-unsaturated/α-hetero) is 1. The summed E-state index contributed by atoms with van der Waals surface area (Å²) < 4.78 is 0. The number of aryl methyl sites for hydroxylation is 1. The van der Waals surface area contributed by atoms with Crippen LogP contribution in [0.3, 0.4) is 0 Å². The van der Waals surface area contributed by atoms with Gasteiger partial charge in [0, 0.05) is 6.42 Å². The lowest BCUT2D eigenvalue weighted by molar-refractivity contribution is 0.0979. The number of carbonyl (C=O) groups is 1. The number of rotatable bonds is 4. The van der Waals surface area contributed by atoms with Gasteiger partial charge in [0.05, 0.1) is 5.56 Å². The maximum atomic E-state index is 11.5. The maximum absolute atomic E-state index is 11.5. The summed E-state index contributed by atoms with van der Waals surface area (Å²) in [5.74, 6) is 0.135. The average Bonchev–Trinajstić information content (AvgIpc) is 2.17. The normalized spacial score (nSPS) is 10.1. The number of hydrogen-bond acceptors (Lipinski definition) is 2. The second-order valence-electron chi connectivity index (χ2n) is 3.38. The Bertz CT molecular complexity index is 329. The molecule has 1 aromatic rings. The van der Waals surface area contributed by atoms with Crippen LogP contribution in [0.4, 0.5) is 0 Å². The number of hydrogen-bond donors (Lipinski definition) is 1. The molecule has 0 fully saturated rings. The Balaban J connectivity index is 2.94. The van der Waals surface area contributed by atoms with E-state index in [0.29, 0.717) is 12.0 Å². The molecule has 0 aliphatic heterocycles. The van der Waals surface area contributed by atoms with Crippen LogP contribution in [0, 0.1) is 0 Å². The van der Waals surface area contributed by atoms with E-state index in [4.69, 9.17) is 0 Å². The molecule has 1 aromatic carbocycles. The van der Waals surface area contributed by atoms with E-state index in [1.165, 1.54) is 0 Å². The van der Waals surface area contributed by atoms with Crippen molar-refractivity contribution in [2.24, 2.45) is 0 Å². The molecule has 2 heteroatoms. The van der Waals surface area contributed by atoms with Gasteiger partial charge >= 0.3 is 0 Å². The Hall–Kier alpha value is -1.31. The largest absolute Gasteiger partial charge is 0.507 e. The Morgan fingerprint density at radius 3 is 2.57 bits per heavy atom. The zero-order chi connectivity index (χ0) is 10.6. The van der Waals surface area contributed by atoms with Crippen LogP contribution in [-0.2, 0) is 6.42 Å². The summed E-state index contributed by atoms with van der Waals surface area (Å²) in [6.07, 6.45) is 2.18. The zero-order valence-corrected chi connectivity index (χ0v) is 8.71. The molecule has 0 unspecified atom stereocenters. The molecule has 2 nitrogen and oxygen atoms in total. The molecule has 0 aromatic heterocycles. The van der Waals surface area contributed by atoms with Crippen LogP contribution in [0.5, 0.6) is 5.75 Å². The quantitative estimate of drug-likeness (QED) is 0.745. The Morgan fingerprint density at radius 2 is 2.07 bits per heavy atom. The lowest BCUT2D eigenvalue weighted by atomic mass is 10.0. The second kappa shape index (κ2) is 4.80. The summed E-state index contributed by atoms with van der Waals surface area (Å²) in [7, 11) is 0. The topological polar surface area (TPSA) is 37.3 Å². The van der Waals surface area contributed by atoms with Crippen LogP contribution in [0.15, 0.2) is 18.2 Å². The molecule has 0 radical (unpaired) electrons. The molecule has 0 aliphatic carbocycles. The van der Waals surface area contributed by atoms with Gasteiger partial charge in [-0.1, -0.05) is 19.9 Å². The van der Waals surface area contributed by atoms with Gasteiger partial charge in [0.25, 0.3) is 0 Å². The summed E-state index contributed by atoms with van der Waals surface area (Å²) in [6.45, 7) is 3.97. The molecule has 0 bridgehead atoms. The predicted molar refractivity (Wildman–Crippen MR) is 56.7 cm³/mol. The van der Waals surface area contributed by atoms with Gasteiger partial charge in [-0.25, -0.2) is 0 Å². The summed E-state index contributed by atoms with van der Waals surface area (Å²) >= 11 is 0. The monoisotopic (exact) mass is 192 g/mol. The van der Waals surface area contributed by atoms with Crippen LogP contribution < -0.4 is 0 Å². The second-order valence-corrected chi connectivity index (χ2v) is 3.38. The van der Waals surface area contributed by atoms with Crippen LogP contribution in [0.1, 0.15) is 42.6 Å².